The van der Waals surface area contributed by atoms with E-state index in [9.17, 15) is 14.4 Å². The molecule has 19 heavy (non-hydrogen) atoms. The van der Waals surface area contributed by atoms with Gasteiger partial charge in [0.15, 0.2) is 6.10 Å². The normalized spacial score (nSPS) is 21.0. The van der Waals surface area contributed by atoms with Crippen molar-refractivity contribution in [1.82, 2.24) is 5.32 Å². The fourth-order valence-electron chi connectivity index (χ4n) is 1.22. The third kappa shape index (κ3) is 5.28. The van der Waals surface area contributed by atoms with Gasteiger partial charge in [-0.15, -0.1) is 0 Å². The van der Waals surface area contributed by atoms with Crippen molar-refractivity contribution in [1.29, 1.82) is 0 Å². The van der Waals surface area contributed by atoms with Gasteiger partial charge in [0.2, 0.25) is 0 Å². The largest absolute Gasteiger partial charge is 0.509 e. The Morgan fingerprint density at radius 2 is 2.16 bits per heavy atom. The molecule has 1 rings (SSSR count). The number of amides is 1. The van der Waals surface area contributed by atoms with Gasteiger partial charge in [0.25, 0.3) is 0 Å². The van der Waals surface area contributed by atoms with Gasteiger partial charge in [-0.1, -0.05) is 6.58 Å². The van der Waals surface area contributed by atoms with Gasteiger partial charge in [-0.3, -0.25) is 0 Å². The molecule has 2 unspecified atom stereocenters. The number of carbonyl (C=O) groups excluding carboxylic acids is 3. The van der Waals surface area contributed by atoms with Crippen molar-refractivity contribution in [2.24, 2.45) is 0 Å². The minimum absolute atomic E-state index is 0.0118. The zero-order chi connectivity index (χ0) is 14.3. The lowest BCUT2D eigenvalue weighted by Crippen LogP contribution is -2.33. The standard InChI is InChI=1S/C11H15NO7/c1-3-9(13)16-5-4-12-10(14)17-6-8-7(2)18-11(15)19-8/h3,7-8H,1,4-6H2,2H3,(H,12,14). The SMILES string of the molecule is C=CC(=O)OCCNC(=O)OCC1OC(=O)OC1C. The van der Waals surface area contributed by atoms with Gasteiger partial charge in [0.05, 0.1) is 6.54 Å². The van der Waals surface area contributed by atoms with E-state index in [1.54, 1.807) is 6.92 Å². The molecular formula is C11H15NO7. The van der Waals surface area contributed by atoms with E-state index >= 15 is 0 Å². The predicted molar refractivity (Wildman–Crippen MR) is 61.3 cm³/mol. The molecule has 1 N–H and O–H groups in total. The number of cyclic esters (lactones) is 2. The maximum atomic E-state index is 11.2. The first-order chi connectivity index (χ1) is 9.02. The minimum Gasteiger partial charge on any atom is -0.461 e. The summed E-state index contributed by atoms with van der Waals surface area (Å²) in [5.74, 6) is -0.570. The van der Waals surface area contributed by atoms with Crippen LogP contribution in [0.3, 0.4) is 0 Å². The van der Waals surface area contributed by atoms with E-state index in [1.165, 1.54) is 0 Å². The summed E-state index contributed by atoms with van der Waals surface area (Å²) in [6.45, 7) is 4.86. The van der Waals surface area contributed by atoms with Crippen molar-refractivity contribution >= 4 is 18.2 Å². The summed E-state index contributed by atoms with van der Waals surface area (Å²) < 4.78 is 18.9. The van der Waals surface area contributed by atoms with Crippen LogP contribution in [0.1, 0.15) is 6.92 Å². The van der Waals surface area contributed by atoms with E-state index in [0.29, 0.717) is 0 Å². The summed E-state index contributed by atoms with van der Waals surface area (Å²) >= 11 is 0. The van der Waals surface area contributed by atoms with Crippen LogP contribution in [-0.4, -0.2) is 50.2 Å². The van der Waals surface area contributed by atoms with E-state index in [4.69, 9.17) is 14.2 Å². The molecule has 0 aromatic heterocycles. The highest BCUT2D eigenvalue weighted by atomic mass is 16.8. The lowest BCUT2D eigenvalue weighted by molar-refractivity contribution is -0.137. The van der Waals surface area contributed by atoms with Gasteiger partial charge in [0.1, 0.15) is 19.3 Å². The first-order valence-electron chi connectivity index (χ1n) is 5.60. The summed E-state index contributed by atoms with van der Waals surface area (Å²) in [5, 5.41) is 2.36. The van der Waals surface area contributed by atoms with E-state index in [1.807, 2.05) is 0 Å². The highest BCUT2D eigenvalue weighted by Gasteiger charge is 2.34. The molecule has 0 aromatic carbocycles. The second-order valence-corrected chi connectivity index (χ2v) is 3.63. The molecule has 1 amide bonds. The first kappa shape index (κ1) is 14.8. The third-order valence-electron chi connectivity index (χ3n) is 2.21. The maximum absolute atomic E-state index is 11.2. The van der Waals surface area contributed by atoms with Crippen molar-refractivity contribution in [3.05, 3.63) is 12.7 Å². The van der Waals surface area contributed by atoms with Crippen LogP contribution in [0.15, 0.2) is 12.7 Å². The molecule has 1 saturated heterocycles. The van der Waals surface area contributed by atoms with Crippen LogP contribution >= 0.6 is 0 Å². The smallest absolute Gasteiger partial charge is 0.461 e. The summed E-state index contributed by atoms with van der Waals surface area (Å²) in [4.78, 5) is 32.7. The predicted octanol–water partition coefficient (Wildman–Crippen LogP) is 0.366. The van der Waals surface area contributed by atoms with Gasteiger partial charge in [0, 0.05) is 6.08 Å². The Bertz CT molecular complexity index is 368. The number of alkyl carbamates (subject to hydrolysis) is 1. The second kappa shape index (κ2) is 7.24. The number of rotatable bonds is 6. The Labute approximate surface area is 109 Å². The number of hydrogen-bond acceptors (Lipinski definition) is 7. The third-order valence-corrected chi connectivity index (χ3v) is 2.21. The Hall–Kier alpha value is -2.25. The molecule has 0 bridgehead atoms. The highest BCUT2D eigenvalue weighted by molar-refractivity contribution is 5.81. The molecule has 0 aromatic rings. The number of hydrogen-bond donors (Lipinski definition) is 1. The summed E-state index contributed by atoms with van der Waals surface area (Å²) in [6.07, 6.45) is -1.54. The molecule has 1 fully saturated rings. The molecule has 0 spiro atoms. The Morgan fingerprint density at radius 1 is 1.42 bits per heavy atom. The summed E-state index contributed by atoms with van der Waals surface area (Å²) in [7, 11) is 0. The van der Waals surface area contributed by atoms with E-state index < -0.39 is 30.4 Å². The summed E-state index contributed by atoms with van der Waals surface area (Å²) in [5.41, 5.74) is 0. The van der Waals surface area contributed by atoms with E-state index in [2.05, 4.69) is 16.6 Å². The molecule has 8 heteroatoms. The summed E-state index contributed by atoms with van der Waals surface area (Å²) in [6, 6.07) is 0. The highest BCUT2D eigenvalue weighted by Crippen LogP contribution is 2.14. The van der Waals surface area contributed by atoms with Gasteiger partial charge in [-0.2, -0.15) is 0 Å². The van der Waals surface area contributed by atoms with Crippen LogP contribution < -0.4 is 5.32 Å². The Morgan fingerprint density at radius 3 is 2.74 bits per heavy atom. The molecule has 106 valence electrons. The molecule has 2 atom stereocenters. The molecule has 8 nitrogen and oxygen atoms in total. The number of carbonyl (C=O) groups is 3. The lowest BCUT2D eigenvalue weighted by atomic mass is 10.2. The van der Waals surface area contributed by atoms with Gasteiger partial charge >= 0.3 is 18.2 Å². The molecule has 0 aliphatic carbocycles. The van der Waals surface area contributed by atoms with Crippen molar-refractivity contribution in [2.75, 3.05) is 19.8 Å². The molecule has 1 heterocycles. The van der Waals surface area contributed by atoms with E-state index in [0.717, 1.165) is 6.08 Å². The van der Waals surface area contributed by atoms with Gasteiger partial charge in [-0.25, -0.2) is 14.4 Å². The fraction of sp³-hybridized carbons (Fsp3) is 0.545. The molecule has 0 radical (unpaired) electrons. The van der Waals surface area contributed by atoms with Crippen molar-refractivity contribution in [2.45, 2.75) is 19.1 Å². The molecule has 1 aliphatic rings. The zero-order valence-electron chi connectivity index (χ0n) is 10.4. The van der Waals surface area contributed by atoms with Crippen molar-refractivity contribution in [3.8, 4) is 0 Å². The van der Waals surface area contributed by atoms with E-state index in [-0.39, 0.29) is 19.8 Å². The quantitative estimate of drug-likeness (QED) is 0.323. The Kier molecular flexibility index (Phi) is 5.65. The van der Waals surface area contributed by atoms with Crippen LogP contribution in [0.25, 0.3) is 0 Å². The first-order valence-corrected chi connectivity index (χ1v) is 5.60. The Balaban J connectivity index is 2.09. The fourth-order valence-corrected chi connectivity index (χ4v) is 1.22. The number of ether oxygens (including phenoxy) is 4. The van der Waals surface area contributed by atoms with Crippen LogP contribution in [0.5, 0.6) is 0 Å². The van der Waals surface area contributed by atoms with Crippen LogP contribution in [0.4, 0.5) is 9.59 Å². The second-order valence-electron chi connectivity index (χ2n) is 3.63. The molecular weight excluding hydrogens is 258 g/mol. The van der Waals surface area contributed by atoms with Crippen LogP contribution in [0.2, 0.25) is 0 Å². The zero-order valence-corrected chi connectivity index (χ0v) is 10.4. The monoisotopic (exact) mass is 273 g/mol. The lowest BCUT2D eigenvalue weighted by Gasteiger charge is -2.12. The maximum Gasteiger partial charge on any atom is 0.509 e. The average Bonchev–Trinajstić information content (AvgIpc) is 2.70. The van der Waals surface area contributed by atoms with Gasteiger partial charge in [-0.05, 0) is 6.92 Å². The molecule has 1 aliphatic heterocycles. The van der Waals surface area contributed by atoms with Crippen molar-refractivity contribution < 1.29 is 33.3 Å². The topological polar surface area (TPSA) is 100 Å². The van der Waals surface area contributed by atoms with Gasteiger partial charge < -0.3 is 24.3 Å². The van der Waals surface area contributed by atoms with Crippen molar-refractivity contribution in [3.63, 3.8) is 0 Å². The van der Waals surface area contributed by atoms with Crippen LogP contribution in [0, 0.1) is 0 Å². The molecule has 0 saturated carbocycles. The number of esters is 1. The van der Waals surface area contributed by atoms with Crippen LogP contribution in [-0.2, 0) is 23.7 Å². The number of nitrogens with one attached hydrogen (secondary N) is 1. The minimum atomic E-state index is -0.780. The average molecular weight is 273 g/mol.